The quantitative estimate of drug-likeness (QED) is 0.525. The Bertz CT molecular complexity index is 671. The summed E-state index contributed by atoms with van der Waals surface area (Å²) in [5.41, 5.74) is 4.74. The van der Waals surface area contributed by atoms with Crippen molar-refractivity contribution in [2.75, 3.05) is 0 Å². The van der Waals surface area contributed by atoms with E-state index < -0.39 is 0 Å². The average Bonchev–Trinajstić information content (AvgIpc) is 2.83. The van der Waals surface area contributed by atoms with Crippen molar-refractivity contribution >= 4 is 11.8 Å². The molecule has 0 amide bonds. The van der Waals surface area contributed by atoms with Gasteiger partial charge in [0, 0.05) is 24.2 Å². The van der Waals surface area contributed by atoms with Crippen LogP contribution in [0.15, 0.2) is 22.8 Å². The van der Waals surface area contributed by atoms with Crippen LogP contribution in [-0.4, -0.2) is 17.9 Å². The summed E-state index contributed by atoms with van der Waals surface area (Å²) in [5, 5.41) is 0. The highest BCUT2D eigenvalue weighted by Crippen LogP contribution is 2.61. The third kappa shape index (κ3) is 2.16. The lowest BCUT2D eigenvalue weighted by molar-refractivity contribution is -0.144. The van der Waals surface area contributed by atoms with Gasteiger partial charge in [-0.25, -0.2) is 0 Å². The van der Waals surface area contributed by atoms with Crippen LogP contribution in [0.3, 0.4) is 0 Å². The monoisotopic (exact) mass is 328 g/mol. The highest BCUT2D eigenvalue weighted by molar-refractivity contribution is 5.88. The zero-order chi connectivity index (χ0) is 17.1. The van der Waals surface area contributed by atoms with E-state index in [9.17, 15) is 9.59 Å². The van der Waals surface area contributed by atoms with Crippen molar-refractivity contribution in [3.05, 3.63) is 22.8 Å². The van der Waals surface area contributed by atoms with E-state index in [1.54, 1.807) is 11.1 Å². The molecule has 0 aliphatic heterocycles. The first kappa shape index (κ1) is 16.1. The molecule has 4 aliphatic rings. The molecule has 0 aromatic rings. The number of carbonyl (C=O) groups is 2. The molecule has 130 valence electrons. The van der Waals surface area contributed by atoms with Gasteiger partial charge in [-0.3, -0.25) is 9.59 Å². The number of hydrogen-bond acceptors (Lipinski definition) is 3. The fourth-order valence-corrected chi connectivity index (χ4v) is 6.02. The number of hydrogen-bond donors (Lipinski definition) is 0. The van der Waals surface area contributed by atoms with Gasteiger partial charge in [-0.2, -0.15) is 0 Å². The molecule has 1 fully saturated rings. The highest BCUT2D eigenvalue weighted by Gasteiger charge is 2.53. The molecule has 4 aliphatic carbocycles. The van der Waals surface area contributed by atoms with E-state index in [4.69, 9.17) is 4.74 Å². The minimum absolute atomic E-state index is 0.0466. The van der Waals surface area contributed by atoms with Crippen LogP contribution in [0.1, 0.15) is 72.1 Å². The molecule has 1 unspecified atom stereocenters. The van der Waals surface area contributed by atoms with Gasteiger partial charge in [-0.15, -0.1) is 0 Å². The van der Waals surface area contributed by atoms with Crippen molar-refractivity contribution in [1.82, 2.24) is 0 Å². The summed E-state index contributed by atoms with van der Waals surface area (Å²) < 4.78 is 5.44. The SMILES string of the molecule is CC(=O)OC1C=C2CCC3=C(CC[C@]4(C)C(=O)CC[C@@H]34)[C@@]2(C)CC1. The summed E-state index contributed by atoms with van der Waals surface area (Å²) in [4.78, 5) is 23.7. The summed E-state index contributed by atoms with van der Waals surface area (Å²) >= 11 is 0. The summed E-state index contributed by atoms with van der Waals surface area (Å²) in [5.74, 6) is 0.788. The summed E-state index contributed by atoms with van der Waals surface area (Å²) in [6.07, 6.45) is 10.2. The fourth-order valence-electron chi connectivity index (χ4n) is 6.02. The number of rotatable bonds is 1. The Balaban J connectivity index is 1.70. The lowest BCUT2D eigenvalue weighted by atomic mass is 9.54. The normalized spacial score (nSPS) is 41.3. The smallest absolute Gasteiger partial charge is 0.303 e. The minimum Gasteiger partial charge on any atom is -0.458 e. The Morgan fingerprint density at radius 1 is 1.12 bits per heavy atom. The molecule has 0 saturated heterocycles. The van der Waals surface area contributed by atoms with E-state index in [-0.39, 0.29) is 22.9 Å². The van der Waals surface area contributed by atoms with Gasteiger partial charge in [0.1, 0.15) is 11.9 Å². The lowest BCUT2D eigenvalue weighted by Crippen LogP contribution is -2.41. The third-order valence-corrected chi connectivity index (χ3v) is 7.44. The summed E-state index contributed by atoms with van der Waals surface area (Å²) in [6.45, 7) is 6.09. The molecule has 0 radical (unpaired) electrons. The van der Waals surface area contributed by atoms with E-state index in [0.29, 0.717) is 11.7 Å². The Morgan fingerprint density at radius 2 is 1.92 bits per heavy atom. The molecule has 4 rings (SSSR count). The predicted molar refractivity (Wildman–Crippen MR) is 92.3 cm³/mol. The Hall–Kier alpha value is -1.38. The Labute approximate surface area is 144 Å². The van der Waals surface area contributed by atoms with Crippen molar-refractivity contribution in [3.63, 3.8) is 0 Å². The maximum Gasteiger partial charge on any atom is 0.303 e. The first-order valence-corrected chi connectivity index (χ1v) is 9.49. The van der Waals surface area contributed by atoms with Crippen LogP contribution in [0, 0.1) is 16.7 Å². The van der Waals surface area contributed by atoms with Gasteiger partial charge in [0.25, 0.3) is 0 Å². The summed E-state index contributed by atoms with van der Waals surface area (Å²) in [7, 11) is 0. The lowest BCUT2D eigenvalue weighted by Gasteiger charge is -2.50. The standard InChI is InChI=1S/C21H28O3/c1-13(22)24-15-8-10-20(2)14(12-15)4-5-16-17-6-7-19(23)21(17,3)11-9-18(16)20/h12,15,17H,4-11H2,1-3H3/t15?,17-,20-,21-/m0/s1. The minimum atomic E-state index is -0.186. The van der Waals surface area contributed by atoms with Crippen LogP contribution < -0.4 is 0 Å². The molecular formula is C21H28O3. The number of carbonyl (C=O) groups excluding carboxylic acids is 2. The first-order valence-electron chi connectivity index (χ1n) is 9.49. The molecule has 0 spiro atoms. The molecule has 0 bridgehead atoms. The number of esters is 1. The van der Waals surface area contributed by atoms with E-state index in [2.05, 4.69) is 19.9 Å². The van der Waals surface area contributed by atoms with E-state index >= 15 is 0 Å². The largest absolute Gasteiger partial charge is 0.458 e. The molecule has 4 atom stereocenters. The first-order chi connectivity index (χ1) is 11.3. The van der Waals surface area contributed by atoms with Crippen LogP contribution in [0.5, 0.6) is 0 Å². The summed E-state index contributed by atoms with van der Waals surface area (Å²) in [6, 6.07) is 0. The van der Waals surface area contributed by atoms with Gasteiger partial charge in [0.2, 0.25) is 0 Å². The number of allylic oxidation sites excluding steroid dienone is 3. The van der Waals surface area contributed by atoms with E-state index in [0.717, 1.165) is 51.4 Å². The van der Waals surface area contributed by atoms with Crippen molar-refractivity contribution in [1.29, 1.82) is 0 Å². The molecule has 0 heterocycles. The van der Waals surface area contributed by atoms with Gasteiger partial charge in [0.15, 0.2) is 0 Å². The molecule has 3 nitrogen and oxygen atoms in total. The van der Waals surface area contributed by atoms with Gasteiger partial charge in [-0.05, 0) is 56.9 Å². The van der Waals surface area contributed by atoms with Crippen LogP contribution in [0.2, 0.25) is 0 Å². The maximum atomic E-state index is 12.4. The van der Waals surface area contributed by atoms with Crippen molar-refractivity contribution in [2.45, 2.75) is 78.2 Å². The van der Waals surface area contributed by atoms with Crippen LogP contribution in [0.4, 0.5) is 0 Å². The Kier molecular flexibility index (Phi) is 3.56. The number of Topliss-reactive ketones (excluding diaryl/α,β-unsaturated/α-hetero) is 1. The van der Waals surface area contributed by atoms with Crippen molar-refractivity contribution < 1.29 is 14.3 Å². The number of ether oxygens (including phenoxy) is 1. The predicted octanol–water partition coefficient (Wildman–Crippen LogP) is 4.51. The van der Waals surface area contributed by atoms with Crippen LogP contribution in [0.25, 0.3) is 0 Å². The molecular weight excluding hydrogens is 300 g/mol. The zero-order valence-electron chi connectivity index (χ0n) is 15.1. The Morgan fingerprint density at radius 3 is 2.67 bits per heavy atom. The van der Waals surface area contributed by atoms with Gasteiger partial charge >= 0.3 is 5.97 Å². The van der Waals surface area contributed by atoms with Gasteiger partial charge in [0.05, 0.1) is 0 Å². The topological polar surface area (TPSA) is 43.4 Å². The molecule has 1 saturated carbocycles. The second-order valence-electron chi connectivity index (χ2n) is 8.65. The van der Waals surface area contributed by atoms with Crippen molar-refractivity contribution in [3.8, 4) is 0 Å². The molecule has 24 heavy (non-hydrogen) atoms. The van der Waals surface area contributed by atoms with Crippen LogP contribution in [-0.2, 0) is 14.3 Å². The highest BCUT2D eigenvalue weighted by atomic mass is 16.5. The van der Waals surface area contributed by atoms with Crippen molar-refractivity contribution in [2.24, 2.45) is 16.7 Å². The second kappa shape index (κ2) is 5.31. The third-order valence-electron chi connectivity index (χ3n) is 7.44. The maximum absolute atomic E-state index is 12.4. The van der Waals surface area contributed by atoms with E-state index in [1.165, 1.54) is 12.5 Å². The number of ketones is 1. The molecule has 0 aromatic carbocycles. The average molecular weight is 328 g/mol. The molecule has 3 heteroatoms. The van der Waals surface area contributed by atoms with Gasteiger partial charge in [-0.1, -0.05) is 30.6 Å². The fraction of sp³-hybridized carbons (Fsp3) is 0.714. The molecule has 0 N–H and O–H groups in total. The van der Waals surface area contributed by atoms with Crippen LogP contribution >= 0.6 is 0 Å². The zero-order valence-corrected chi connectivity index (χ0v) is 15.1. The number of fused-ring (bicyclic) bond motifs is 4. The second-order valence-corrected chi connectivity index (χ2v) is 8.65. The molecule has 0 aromatic heterocycles. The van der Waals surface area contributed by atoms with E-state index in [1.807, 2.05) is 0 Å². The van der Waals surface area contributed by atoms with Gasteiger partial charge < -0.3 is 4.74 Å².